The summed E-state index contributed by atoms with van der Waals surface area (Å²) in [6, 6.07) is 12.3. The number of rotatable bonds is 6. The van der Waals surface area contributed by atoms with E-state index in [0.29, 0.717) is 48.0 Å². The lowest BCUT2D eigenvalue weighted by atomic mass is 9.95. The zero-order chi connectivity index (χ0) is 21.5. The molecule has 0 aromatic heterocycles. The number of piperidine rings is 1. The summed E-state index contributed by atoms with van der Waals surface area (Å²) in [6.07, 6.45) is 2.71. The van der Waals surface area contributed by atoms with Crippen LogP contribution in [0.3, 0.4) is 0 Å². The molecule has 2 amide bonds. The van der Waals surface area contributed by atoms with E-state index in [0.717, 1.165) is 5.56 Å². The number of benzene rings is 2. The minimum absolute atomic E-state index is 0.106. The molecule has 3 rings (SSSR count). The fraction of sp³-hybridized carbons (Fsp3) is 0.318. The highest BCUT2D eigenvalue weighted by molar-refractivity contribution is 6.33. The van der Waals surface area contributed by atoms with Crippen molar-refractivity contribution in [1.29, 1.82) is 0 Å². The van der Waals surface area contributed by atoms with Crippen LogP contribution in [0.5, 0.6) is 11.5 Å². The quantitative estimate of drug-likeness (QED) is 0.564. The molecule has 8 heteroatoms. The highest BCUT2D eigenvalue weighted by Gasteiger charge is 2.28. The first kappa shape index (κ1) is 21.6. The zero-order valence-corrected chi connectivity index (χ0v) is 17.7. The SMILES string of the molecule is COc1ccc(/C=N\NC(=O)C2CCN(C(=O)c3ccccc3Cl)CC2)cc1OC. The van der Waals surface area contributed by atoms with Gasteiger partial charge in [-0.2, -0.15) is 5.10 Å². The Hall–Kier alpha value is -3.06. The number of ether oxygens (including phenoxy) is 2. The molecule has 2 aromatic carbocycles. The van der Waals surface area contributed by atoms with Gasteiger partial charge in [-0.25, -0.2) is 5.43 Å². The molecule has 0 radical (unpaired) electrons. The first-order valence-corrected chi connectivity index (χ1v) is 10.00. The van der Waals surface area contributed by atoms with Crippen molar-refractivity contribution in [3.05, 3.63) is 58.6 Å². The number of nitrogens with one attached hydrogen (secondary N) is 1. The van der Waals surface area contributed by atoms with Gasteiger partial charge in [0.15, 0.2) is 11.5 Å². The summed E-state index contributed by atoms with van der Waals surface area (Å²) in [5.41, 5.74) is 3.84. The number of hydrazone groups is 1. The van der Waals surface area contributed by atoms with Crippen molar-refractivity contribution in [2.24, 2.45) is 11.0 Å². The highest BCUT2D eigenvalue weighted by Crippen LogP contribution is 2.27. The first-order chi connectivity index (χ1) is 14.5. The molecule has 1 fully saturated rings. The van der Waals surface area contributed by atoms with Gasteiger partial charge in [-0.05, 0) is 48.7 Å². The van der Waals surface area contributed by atoms with E-state index in [-0.39, 0.29) is 17.7 Å². The number of halogens is 1. The van der Waals surface area contributed by atoms with Crippen LogP contribution in [-0.4, -0.2) is 50.2 Å². The number of hydrogen-bond donors (Lipinski definition) is 1. The van der Waals surface area contributed by atoms with Gasteiger partial charge in [-0.1, -0.05) is 23.7 Å². The molecular formula is C22H24ClN3O4. The Labute approximate surface area is 180 Å². The maximum absolute atomic E-state index is 12.6. The van der Waals surface area contributed by atoms with Gasteiger partial charge in [0, 0.05) is 19.0 Å². The van der Waals surface area contributed by atoms with E-state index in [4.69, 9.17) is 21.1 Å². The van der Waals surface area contributed by atoms with Crippen molar-refractivity contribution < 1.29 is 19.1 Å². The van der Waals surface area contributed by atoms with E-state index in [9.17, 15) is 9.59 Å². The Balaban J connectivity index is 1.51. The molecule has 1 saturated heterocycles. The monoisotopic (exact) mass is 429 g/mol. The molecular weight excluding hydrogens is 406 g/mol. The Bertz CT molecular complexity index is 940. The fourth-order valence-electron chi connectivity index (χ4n) is 3.34. The number of hydrogen-bond acceptors (Lipinski definition) is 5. The predicted molar refractivity (Wildman–Crippen MR) is 115 cm³/mol. The van der Waals surface area contributed by atoms with Gasteiger partial charge in [0.05, 0.1) is 31.0 Å². The van der Waals surface area contributed by atoms with Crippen LogP contribution in [0.1, 0.15) is 28.8 Å². The van der Waals surface area contributed by atoms with Crippen molar-refractivity contribution in [1.82, 2.24) is 10.3 Å². The molecule has 2 aromatic rings. The lowest BCUT2D eigenvalue weighted by molar-refractivity contribution is -0.126. The third kappa shape index (κ3) is 5.10. The molecule has 1 N–H and O–H groups in total. The standard InChI is InChI=1S/C22H24ClN3O4/c1-29-19-8-7-15(13-20(19)30-2)14-24-25-21(27)16-9-11-26(12-10-16)22(28)17-5-3-4-6-18(17)23/h3-8,13-14,16H,9-12H2,1-2H3,(H,25,27)/b24-14-. The van der Waals surface area contributed by atoms with Crippen LogP contribution in [0.25, 0.3) is 0 Å². The molecule has 0 unspecified atom stereocenters. The second kappa shape index (κ2) is 10.1. The van der Waals surface area contributed by atoms with Crippen LogP contribution in [0.15, 0.2) is 47.6 Å². The molecule has 1 heterocycles. The molecule has 0 bridgehead atoms. The van der Waals surface area contributed by atoms with Crippen LogP contribution in [0.2, 0.25) is 5.02 Å². The van der Waals surface area contributed by atoms with Crippen molar-refractivity contribution in [3.63, 3.8) is 0 Å². The smallest absolute Gasteiger partial charge is 0.255 e. The van der Waals surface area contributed by atoms with Crippen molar-refractivity contribution >= 4 is 29.6 Å². The Morgan fingerprint density at radius 1 is 1.10 bits per heavy atom. The molecule has 0 atom stereocenters. The van der Waals surface area contributed by atoms with E-state index in [2.05, 4.69) is 10.5 Å². The molecule has 7 nitrogen and oxygen atoms in total. The molecule has 30 heavy (non-hydrogen) atoms. The average Bonchev–Trinajstić information content (AvgIpc) is 2.78. The van der Waals surface area contributed by atoms with Gasteiger partial charge in [0.2, 0.25) is 5.91 Å². The second-order valence-corrected chi connectivity index (χ2v) is 7.30. The summed E-state index contributed by atoms with van der Waals surface area (Å²) < 4.78 is 10.5. The van der Waals surface area contributed by atoms with E-state index in [1.807, 2.05) is 6.07 Å². The lowest BCUT2D eigenvalue weighted by Crippen LogP contribution is -2.42. The third-order valence-electron chi connectivity index (χ3n) is 5.05. The second-order valence-electron chi connectivity index (χ2n) is 6.89. The zero-order valence-electron chi connectivity index (χ0n) is 16.9. The fourth-order valence-corrected chi connectivity index (χ4v) is 3.56. The maximum atomic E-state index is 12.6. The Morgan fingerprint density at radius 2 is 1.80 bits per heavy atom. The van der Waals surface area contributed by atoms with Crippen LogP contribution in [0, 0.1) is 5.92 Å². The van der Waals surface area contributed by atoms with Crippen molar-refractivity contribution in [2.75, 3.05) is 27.3 Å². The maximum Gasteiger partial charge on any atom is 0.255 e. The minimum Gasteiger partial charge on any atom is -0.493 e. The molecule has 0 saturated carbocycles. The number of carbonyl (C=O) groups excluding carboxylic acids is 2. The summed E-state index contributed by atoms with van der Waals surface area (Å²) in [4.78, 5) is 26.8. The molecule has 0 spiro atoms. The van der Waals surface area contributed by atoms with Crippen molar-refractivity contribution in [3.8, 4) is 11.5 Å². The van der Waals surface area contributed by atoms with Crippen molar-refractivity contribution in [2.45, 2.75) is 12.8 Å². The number of nitrogens with zero attached hydrogens (tertiary/aromatic N) is 2. The number of methoxy groups -OCH3 is 2. The Morgan fingerprint density at radius 3 is 2.47 bits per heavy atom. The van der Waals surface area contributed by atoms with Crippen LogP contribution in [-0.2, 0) is 4.79 Å². The van der Waals surface area contributed by atoms with Gasteiger partial charge < -0.3 is 14.4 Å². The highest BCUT2D eigenvalue weighted by atomic mass is 35.5. The average molecular weight is 430 g/mol. The molecule has 1 aliphatic rings. The summed E-state index contributed by atoms with van der Waals surface area (Å²) in [6.45, 7) is 1.00. The summed E-state index contributed by atoms with van der Waals surface area (Å²) >= 11 is 6.12. The largest absolute Gasteiger partial charge is 0.493 e. The minimum atomic E-state index is -0.192. The van der Waals surface area contributed by atoms with E-state index < -0.39 is 0 Å². The topological polar surface area (TPSA) is 80.2 Å². The molecule has 0 aliphatic carbocycles. The van der Waals surface area contributed by atoms with E-state index >= 15 is 0 Å². The molecule has 1 aliphatic heterocycles. The van der Waals surface area contributed by atoms with E-state index in [1.54, 1.807) is 61.7 Å². The van der Waals surface area contributed by atoms with Gasteiger partial charge >= 0.3 is 0 Å². The van der Waals surface area contributed by atoms with Gasteiger partial charge in [-0.3, -0.25) is 9.59 Å². The van der Waals surface area contributed by atoms with Gasteiger partial charge in [0.25, 0.3) is 5.91 Å². The predicted octanol–water partition coefficient (Wildman–Crippen LogP) is 3.36. The van der Waals surface area contributed by atoms with Crippen LogP contribution < -0.4 is 14.9 Å². The first-order valence-electron chi connectivity index (χ1n) is 9.62. The number of amides is 2. The number of likely N-dealkylation sites (tertiary alicyclic amines) is 1. The molecule has 158 valence electrons. The summed E-state index contributed by atoms with van der Waals surface area (Å²) in [5, 5.41) is 4.48. The Kier molecular flexibility index (Phi) is 7.30. The van der Waals surface area contributed by atoms with Crippen LogP contribution in [0.4, 0.5) is 0 Å². The van der Waals surface area contributed by atoms with Crippen LogP contribution >= 0.6 is 11.6 Å². The lowest BCUT2D eigenvalue weighted by Gasteiger charge is -2.31. The van der Waals surface area contributed by atoms with E-state index in [1.165, 1.54) is 0 Å². The summed E-state index contributed by atoms with van der Waals surface area (Å²) in [5.74, 6) is 0.755. The normalized spacial score (nSPS) is 14.6. The third-order valence-corrected chi connectivity index (χ3v) is 5.38. The summed E-state index contributed by atoms with van der Waals surface area (Å²) in [7, 11) is 3.13. The van der Waals surface area contributed by atoms with Gasteiger partial charge in [0.1, 0.15) is 0 Å². The number of carbonyl (C=O) groups is 2. The van der Waals surface area contributed by atoms with Gasteiger partial charge in [-0.15, -0.1) is 0 Å².